The number of hydrogen-bond donors (Lipinski definition) is 0. The van der Waals surface area contributed by atoms with Crippen molar-refractivity contribution in [2.75, 3.05) is 37.6 Å². The Labute approximate surface area is 176 Å². The first-order chi connectivity index (χ1) is 14.2. The molecule has 2 heterocycles. The summed E-state index contributed by atoms with van der Waals surface area (Å²) in [7, 11) is 0. The maximum atomic E-state index is 13.3. The molecular formula is C22H29FN4OS. The number of nitrogens with zero attached hydrogens (tertiary/aromatic N) is 4. The third-order valence-electron chi connectivity index (χ3n) is 6.02. The number of anilines is 1. The van der Waals surface area contributed by atoms with E-state index in [0.717, 1.165) is 49.7 Å². The Kier molecular flexibility index (Phi) is 6.77. The topological polar surface area (TPSA) is 39.7 Å². The molecule has 1 aromatic carbocycles. The predicted molar refractivity (Wildman–Crippen MR) is 115 cm³/mol. The molecule has 1 aliphatic carbocycles. The number of halogens is 1. The molecule has 29 heavy (non-hydrogen) atoms. The van der Waals surface area contributed by atoms with Gasteiger partial charge in [-0.15, -0.1) is 11.3 Å². The van der Waals surface area contributed by atoms with E-state index < -0.39 is 0 Å². The molecule has 1 saturated carbocycles. The third kappa shape index (κ3) is 5.34. The summed E-state index contributed by atoms with van der Waals surface area (Å²) in [6.45, 7) is 4.59. The number of amides is 1. The van der Waals surface area contributed by atoms with Gasteiger partial charge in [-0.1, -0.05) is 31.4 Å². The maximum Gasteiger partial charge on any atom is 0.237 e. The zero-order chi connectivity index (χ0) is 20.1. The van der Waals surface area contributed by atoms with E-state index in [1.807, 2.05) is 11.6 Å². The third-order valence-corrected chi connectivity index (χ3v) is 6.86. The Hall–Kier alpha value is -1.99. The lowest BCUT2D eigenvalue weighted by atomic mass is 9.93. The van der Waals surface area contributed by atoms with Crippen molar-refractivity contribution in [2.45, 2.75) is 44.7 Å². The van der Waals surface area contributed by atoms with E-state index >= 15 is 0 Å². The van der Waals surface area contributed by atoms with Crippen molar-refractivity contribution in [3.05, 3.63) is 47.2 Å². The molecule has 0 bridgehead atoms. The average Bonchev–Trinajstić information content (AvgIpc) is 3.29. The second kappa shape index (κ2) is 9.67. The van der Waals surface area contributed by atoms with Crippen LogP contribution in [0.25, 0.3) is 0 Å². The van der Waals surface area contributed by atoms with Crippen LogP contribution in [-0.2, 0) is 11.3 Å². The molecule has 1 aromatic heterocycles. The second-order valence-corrected chi connectivity index (χ2v) is 8.89. The monoisotopic (exact) mass is 416 g/mol. The Morgan fingerprint density at radius 3 is 2.48 bits per heavy atom. The molecule has 0 atom stereocenters. The van der Waals surface area contributed by atoms with Crippen molar-refractivity contribution in [1.82, 2.24) is 14.8 Å². The molecule has 1 saturated heterocycles. The molecule has 1 aliphatic heterocycles. The SMILES string of the molecule is O=C(CN1CCN(c2nccs2)CC1)N(Cc1ccc(F)cc1)C1CCCCC1. The van der Waals surface area contributed by atoms with Gasteiger partial charge in [-0.2, -0.15) is 0 Å². The van der Waals surface area contributed by atoms with Crippen molar-refractivity contribution in [1.29, 1.82) is 0 Å². The van der Waals surface area contributed by atoms with E-state index in [0.29, 0.717) is 19.1 Å². The highest BCUT2D eigenvalue weighted by Gasteiger charge is 2.28. The summed E-state index contributed by atoms with van der Waals surface area (Å²) < 4.78 is 13.3. The molecule has 0 unspecified atom stereocenters. The quantitative estimate of drug-likeness (QED) is 0.719. The molecule has 2 aromatic rings. The molecular weight excluding hydrogens is 387 g/mol. The number of carbonyl (C=O) groups excluding carboxylic acids is 1. The fourth-order valence-corrected chi connectivity index (χ4v) is 5.05. The smallest absolute Gasteiger partial charge is 0.237 e. The molecule has 156 valence electrons. The molecule has 4 rings (SSSR count). The van der Waals surface area contributed by atoms with Crippen LogP contribution in [-0.4, -0.2) is 59.5 Å². The minimum atomic E-state index is -0.234. The lowest BCUT2D eigenvalue weighted by Crippen LogP contribution is -2.51. The van der Waals surface area contributed by atoms with Crippen LogP contribution in [0.1, 0.15) is 37.7 Å². The summed E-state index contributed by atoms with van der Waals surface area (Å²) >= 11 is 1.66. The number of aromatic nitrogens is 1. The van der Waals surface area contributed by atoms with Crippen LogP contribution in [0, 0.1) is 5.82 Å². The normalized spacial score (nSPS) is 18.7. The summed E-state index contributed by atoms with van der Waals surface area (Å²) in [5.74, 6) is -0.0358. The minimum absolute atomic E-state index is 0.198. The standard InChI is InChI=1S/C22H29FN4OS/c23-19-8-6-18(7-9-19)16-27(20-4-2-1-3-5-20)21(28)17-25-11-13-26(14-12-25)22-24-10-15-29-22/h6-10,15,20H,1-5,11-14,16-17H2. The van der Waals surface area contributed by atoms with Crippen molar-refractivity contribution in [2.24, 2.45) is 0 Å². The first-order valence-electron chi connectivity index (χ1n) is 10.6. The van der Waals surface area contributed by atoms with Crippen LogP contribution in [0.15, 0.2) is 35.8 Å². The van der Waals surface area contributed by atoms with Gasteiger partial charge in [-0.05, 0) is 30.5 Å². The molecule has 1 amide bonds. The fraction of sp³-hybridized carbons (Fsp3) is 0.545. The van der Waals surface area contributed by atoms with Gasteiger partial charge < -0.3 is 9.80 Å². The maximum absolute atomic E-state index is 13.3. The summed E-state index contributed by atoms with van der Waals surface area (Å²) in [5, 5.41) is 3.07. The van der Waals surface area contributed by atoms with Crippen LogP contribution in [0.4, 0.5) is 9.52 Å². The molecule has 2 aliphatic rings. The number of carbonyl (C=O) groups is 1. The van der Waals surface area contributed by atoms with Crippen LogP contribution in [0.2, 0.25) is 0 Å². The Bertz CT molecular complexity index is 769. The van der Waals surface area contributed by atoms with Gasteiger partial charge >= 0.3 is 0 Å². The summed E-state index contributed by atoms with van der Waals surface area (Å²) in [4.78, 5) is 24.3. The molecule has 5 nitrogen and oxygen atoms in total. The van der Waals surface area contributed by atoms with Crippen LogP contribution in [0.5, 0.6) is 0 Å². The zero-order valence-electron chi connectivity index (χ0n) is 16.8. The van der Waals surface area contributed by atoms with E-state index in [9.17, 15) is 9.18 Å². The van der Waals surface area contributed by atoms with Gasteiger partial charge in [-0.25, -0.2) is 9.37 Å². The number of rotatable bonds is 6. The molecule has 0 spiro atoms. The van der Waals surface area contributed by atoms with Crippen LogP contribution < -0.4 is 4.90 Å². The Morgan fingerprint density at radius 1 is 1.10 bits per heavy atom. The largest absolute Gasteiger partial charge is 0.346 e. The van der Waals surface area contributed by atoms with E-state index in [-0.39, 0.29) is 11.7 Å². The van der Waals surface area contributed by atoms with Crippen molar-refractivity contribution in [3.63, 3.8) is 0 Å². The molecule has 0 N–H and O–H groups in total. The van der Waals surface area contributed by atoms with Crippen LogP contribution >= 0.6 is 11.3 Å². The average molecular weight is 417 g/mol. The summed E-state index contributed by atoms with van der Waals surface area (Å²) in [6.07, 6.45) is 7.62. The number of hydrogen-bond acceptors (Lipinski definition) is 5. The number of thiazole rings is 1. The molecule has 0 radical (unpaired) electrons. The summed E-state index contributed by atoms with van der Waals surface area (Å²) in [5.41, 5.74) is 0.999. The van der Waals surface area contributed by atoms with Gasteiger partial charge in [0.15, 0.2) is 5.13 Å². The molecule has 7 heteroatoms. The Balaban J connectivity index is 1.37. The number of benzene rings is 1. The van der Waals surface area contributed by atoms with Crippen molar-refractivity contribution >= 4 is 22.4 Å². The van der Waals surface area contributed by atoms with Crippen molar-refractivity contribution < 1.29 is 9.18 Å². The molecule has 2 fully saturated rings. The van der Waals surface area contributed by atoms with Gasteiger partial charge in [0.25, 0.3) is 0 Å². The lowest BCUT2D eigenvalue weighted by molar-refractivity contribution is -0.136. The van der Waals surface area contributed by atoms with E-state index in [4.69, 9.17) is 0 Å². The van der Waals surface area contributed by atoms with Gasteiger partial charge in [0.2, 0.25) is 5.91 Å². The Morgan fingerprint density at radius 2 is 1.83 bits per heavy atom. The minimum Gasteiger partial charge on any atom is -0.346 e. The zero-order valence-corrected chi connectivity index (χ0v) is 17.6. The van der Waals surface area contributed by atoms with E-state index in [1.54, 1.807) is 23.5 Å². The lowest BCUT2D eigenvalue weighted by Gasteiger charge is -2.38. The van der Waals surface area contributed by atoms with E-state index in [2.05, 4.69) is 19.7 Å². The van der Waals surface area contributed by atoms with Gasteiger partial charge in [-0.3, -0.25) is 9.69 Å². The highest BCUT2D eigenvalue weighted by Crippen LogP contribution is 2.25. The van der Waals surface area contributed by atoms with E-state index in [1.165, 1.54) is 31.4 Å². The predicted octanol–water partition coefficient (Wildman–Crippen LogP) is 3.77. The first-order valence-corrected chi connectivity index (χ1v) is 11.5. The van der Waals surface area contributed by atoms with Gasteiger partial charge in [0.05, 0.1) is 6.54 Å². The van der Waals surface area contributed by atoms with Gasteiger partial charge in [0, 0.05) is 50.3 Å². The fourth-order valence-electron chi connectivity index (χ4n) is 4.35. The number of piperazine rings is 1. The highest BCUT2D eigenvalue weighted by atomic mass is 32.1. The first kappa shape index (κ1) is 20.3. The summed E-state index contributed by atoms with van der Waals surface area (Å²) in [6, 6.07) is 6.86. The highest BCUT2D eigenvalue weighted by molar-refractivity contribution is 7.13. The van der Waals surface area contributed by atoms with Crippen LogP contribution in [0.3, 0.4) is 0 Å². The van der Waals surface area contributed by atoms with Crippen molar-refractivity contribution in [3.8, 4) is 0 Å². The van der Waals surface area contributed by atoms with Gasteiger partial charge in [0.1, 0.15) is 5.82 Å². The second-order valence-electron chi connectivity index (χ2n) is 8.02.